The smallest absolute Gasteiger partial charge is 0.131 e. The van der Waals surface area contributed by atoms with E-state index in [-0.39, 0.29) is 5.41 Å². The van der Waals surface area contributed by atoms with Crippen LogP contribution in [0.3, 0.4) is 0 Å². The summed E-state index contributed by atoms with van der Waals surface area (Å²) < 4.78 is 8.65. The molecule has 2 nitrogen and oxygen atoms in total. The largest absolute Gasteiger partial charge is 0.457 e. The Bertz CT molecular complexity index is 1700. The highest BCUT2D eigenvalue weighted by atomic mass is 16.5. The molecule has 5 aromatic carbocycles. The molecule has 0 atom stereocenters. The average Bonchev–Trinajstić information content (AvgIpc) is 3.23. The highest BCUT2D eigenvalue weighted by Crippen LogP contribution is 2.48. The molecule has 0 saturated carbocycles. The fraction of sp³-hybridized carbons (Fsp3) is 0.0909. The number of nitrogens with zero attached hydrogens (tertiary/aromatic N) is 1. The molecule has 0 N–H and O–H groups in total. The average molecular weight is 452 g/mol. The van der Waals surface area contributed by atoms with Crippen molar-refractivity contribution < 1.29 is 4.74 Å². The van der Waals surface area contributed by atoms with Gasteiger partial charge in [0, 0.05) is 33.0 Å². The monoisotopic (exact) mass is 451 g/mol. The SMILES string of the molecule is CC1(C)c2ccccc2Oc2ccc(-c3cccc(-n4c5ccccc5c5ccccc54)c3)cc21. The Kier molecular flexibility index (Phi) is 4.22. The minimum absolute atomic E-state index is 0.134. The maximum atomic E-state index is 6.28. The van der Waals surface area contributed by atoms with Crippen molar-refractivity contribution in [2.45, 2.75) is 19.3 Å². The number of para-hydroxylation sites is 3. The highest BCUT2D eigenvalue weighted by molar-refractivity contribution is 6.09. The Balaban J connectivity index is 1.39. The zero-order chi connectivity index (χ0) is 23.6. The van der Waals surface area contributed by atoms with Crippen molar-refractivity contribution in [3.05, 3.63) is 126 Å². The standard InChI is InChI=1S/C33H25NO/c1-33(2)27-14-5-8-17-31(27)35-32-19-18-23(21-28(32)33)22-10-9-11-24(20-22)34-29-15-6-3-12-25(29)26-13-4-7-16-30(26)34/h3-21H,1-2H3. The second kappa shape index (κ2) is 7.35. The molecule has 1 aromatic heterocycles. The first-order chi connectivity index (χ1) is 17.1. The predicted molar refractivity (Wildman–Crippen MR) is 145 cm³/mol. The van der Waals surface area contributed by atoms with Gasteiger partial charge in [-0.3, -0.25) is 0 Å². The Labute approximate surface area is 205 Å². The number of fused-ring (bicyclic) bond motifs is 5. The maximum Gasteiger partial charge on any atom is 0.131 e. The molecule has 0 spiro atoms. The van der Waals surface area contributed by atoms with E-state index >= 15 is 0 Å². The second-order valence-electron chi connectivity index (χ2n) is 9.85. The molecular formula is C33H25NO. The van der Waals surface area contributed by atoms with E-state index in [1.165, 1.54) is 49.7 Å². The van der Waals surface area contributed by atoms with E-state index in [0.717, 1.165) is 11.5 Å². The van der Waals surface area contributed by atoms with E-state index in [4.69, 9.17) is 4.74 Å². The van der Waals surface area contributed by atoms with Gasteiger partial charge in [0.15, 0.2) is 0 Å². The molecule has 2 heterocycles. The van der Waals surface area contributed by atoms with Gasteiger partial charge < -0.3 is 9.30 Å². The van der Waals surface area contributed by atoms with Crippen LogP contribution in [0, 0.1) is 0 Å². The van der Waals surface area contributed by atoms with E-state index in [0.29, 0.717) is 0 Å². The summed E-state index contributed by atoms with van der Waals surface area (Å²) in [6.45, 7) is 4.57. The van der Waals surface area contributed by atoms with Crippen LogP contribution in [0.4, 0.5) is 0 Å². The highest BCUT2D eigenvalue weighted by Gasteiger charge is 2.34. The van der Waals surface area contributed by atoms with Crippen LogP contribution in [-0.2, 0) is 5.41 Å². The summed E-state index contributed by atoms with van der Waals surface area (Å²) in [6, 6.07) is 41.1. The first-order valence-corrected chi connectivity index (χ1v) is 12.1. The maximum absolute atomic E-state index is 6.28. The topological polar surface area (TPSA) is 14.2 Å². The third kappa shape index (κ3) is 2.96. The van der Waals surface area contributed by atoms with Gasteiger partial charge in [-0.2, -0.15) is 0 Å². The van der Waals surface area contributed by atoms with Crippen LogP contribution < -0.4 is 4.74 Å². The lowest BCUT2D eigenvalue weighted by atomic mass is 9.75. The zero-order valence-corrected chi connectivity index (χ0v) is 19.8. The van der Waals surface area contributed by atoms with Crippen LogP contribution >= 0.6 is 0 Å². The molecule has 0 unspecified atom stereocenters. The number of rotatable bonds is 2. The van der Waals surface area contributed by atoms with Crippen LogP contribution in [0.1, 0.15) is 25.0 Å². The lowest BCUT2D eigenvalue weighted by Crippen LogP contribution is -2.24. The van der Waals surface area contributed by atoms with E-state index in [1.54, 1.807) is 0 Å². The zero-order valence-electron chi connectivity index (χ0n) is 19.8. The van der Waals surface area contributed by atoms with Crippen molar-refractivity contribution in [2.24, 2.45) is 0 Å². The second-order valence-corrected chi connectivity index (χ2v) is 9.85. The molecule has 6 aromatic rings. The number of aromatic nitrogens is 1. The molecule has 0 radical (unpaired) electrons. The van der Waals surface area contributed by atoms with E-state index in [9.17, 15) is 0 Å². The summed E-state index contributed by atoms with van der Waals surface area (Å²) in [5.74, 6) is 1.89. The molecule has 0 fully saturated rings. The van der Waals surface area contributed by atoms with Crippen molar-refractivity contribution >= 4 is 21.8 Å². The molecule has 0 saturated heterocycles. The molecule has 168 valence electrons. The third-order valence-electron chi connectivity index (χ3n) is 7.45. The molecule has 7 rings (SSSR count). The molecule has 0 amide bonds. The predicted octanol–water partition coefficient (Wildman–Crippen LogP) is 8.88. The van der Waals surface area contributed by atoms with Gasteiger partial charge in [0.1, 0.15) is 11.5 Å². The Morgan fingerprint density at radius 3 is 1.94 bits per heavy atom. The Hall–Kier alpha value is -4.30. The van der Waals surface area contributed by atoms with Gasteiger partial charge in [-0.25, -0.2) is 0 Å². The van der Waals surface area contributed by atoms with Crippen LogP contribution in [0.2, 0.25) is 0 Å². The summed E-state index contributed by atoms with van der Waals surface area (Å²) in [4.78, 5) is 0. The van der Waals surface area contributed by atoms with E-state index in [2.05, 4.69) is 128 Å². The number of hydrogen-bond donors (Lipinski definition) is 0. The normalized spacial score (nSPS) is 13.9. The van der Waals surface area contributed by atoms with E-state index in [1.807, 2.05) is 6.07 Å². The lowest BCUT2D eigenvalue weighted by Gasteiger charge is -2.34. The van der Waals surface area contributed by atoms with Crippen LogP contribution in [0.15, 0.2) is 115 Å². The van der Waals surface area contributed by atoms with Gasteiger partial charge in [-0.05, 0) is 53.6 Å². The fourth-order valence-corrected chi connectivity index (χ4v) is 5.65. The Morgan fingerprint density at radius 2 is 1.17 bits per heavy atom. The summed E-state index contributed by atoms with van der Waals surface area (Å²) in [6.07, 6.45) is 0. The van der Waals surface area contributed by atoms with Crippen LogP contribution in [-0.4, -0.2) is 4.57 Å². The lowest BCUT2D eigenvalue weighted by molar-refractivity contribution is 0.418. The van der Waals surface area contributed by atoms with Crippen molar-refractivity contribution in [3.8, 4) is 28.3 Å². The summed E-state index contributed by atoms with van der Waals surface area (Å²) >= 11 is 0. The van der Waals surface area contributed by atoms with Gasteiger partial charge in [-0.1, -0.05) is 86.6 Å². The first-order valence-electron chi connectivity index (χ1n) is 12.1. The first kappa shape index (κ1) is 20.1. The minimum Gasteiger partial charge on any atom is -0.457 e. The van der Waals surface area contributed by atoms with Gasteiger partial charge in [0.2, 0.25) is 0 Å². The van der Waals surface area contributed by atoms with Crippen LogP contribution in [0.5, 0.6) is 11.5 Å². The quantitative estimate of drug-likeness (QED) is 0.256. The van der Waals surface area contributed by atoms with Gasteiger partial charge in [-0.15, -0.1) is 0 Å². The van der Waals surface area contributed by atoms with Crippen molar-refractivity contribution in [3.63, 3.8) is 0 Å². The van der Waals surface area contributed by atoms with Gasteiger partial charge >= 0.3 is 0 Å². The van der Waals surface area contributed by atoms with Crippen molar-refractivity contribution in [1.29, 1.82) is 0 Å². The summed E-state index contributed by atoms with van der Waals surface area (Å²) in [7, 11) is 0. The number of benzene rings is 5. The van der Waals surface area contributed by atoms with Gasteiger partial charge in [0.05, 0.1) is 11.0 Å². The third-order valence-corrected chi connectivity index (χ3v) is 7.45. The van der Waals surface area contributed by atoms with Gasteiger partial charge in [0.25, 0.3) is 0 Å². The molecular weight excluding hydrogens is 426 g/mol. The van der Waals surface area contributed by atoms with Crippen molar-refractivity contribution in [1.82, 2.24) is 4.57 Å². The molecule has 2 heteroatoms. The number of ether oxygens (including phenoxy) is 1. The molecule has 1 aliphatic rings. The summed E-state index contributed by atoms with van der Waals surface area (Å²) in [5.41, 5.74) is 8.32. The van der Waals surface area contributed by atoms with E-state index < -0.39 is 0 Å². The van der Waals surface area contributed by atoms with Crippen LogP contribution in [0.25, 0.3) is 38.6 Å². The summed E-state index contributed by atoms with van der Waals surface area (Å²) in [5, 5.41) is 2.56. The molecule has 0 aliphatic carbocycles. The minimum atomic E-state index is -0.134. The van der Waals surface area contributed by atoms with Crippen molar-refractivity contribution in [2.75, 3.05) is 0 Å². The molecule has 35 heavy (non-hydrogen) atoms. The molecule has 1 aliphatic heterocycles. The Morgan fingerprint density at radius 1 is 0.543 bits per heavy atom. The molecule has 0 bridgehead atoms. The fourth-order valence-electron chi connectivity index (χ4n) is 5.65. The number of hydrogen-bond acceptors (Lipinski definition) is 1.